The molecule has 1 heterocycles. The molecule has 0 saturated carbocycles. The van der Waals surface area contributed by atoms with Gasteiger partial charge < -0.3 is 20.3 Å². The van der Waals surface area contributed by atoms with E-state index in [1.54, 1.807) is 11.9 Å². The van der Waals surface area contributed by atoms with Gasteiger partial charge in [-0.1, -0.05) is 0 Å². The second-order valence-corrected chi connectivity index (χ2v) is 8.19. The maximum atomic E-state index is 12.0. The first-order valence-corrected chi connectivity index (χ1v) is 9.92. The number of likely N-dealkylation sites (N-methyl/N-ethyl adjacent to an activating group) is 1. The average molecular weight is 395 g/mol. The Morgan fingerprint density at radius 2 is 2.00 bits per heavy atom. The van der Waals surface area contributed by atoms with Crippen LogP contribution < -0.4 is 10.6 Å². The first kappa shape index (κ1) is 23.8. The number of carbonyl (C=O) groups excluding carboxylic acids is 1. The Bertz CT molecular complexity index is 675. The van der Waals surface area contributed by atoms with Gasteiger partial charge >= 0.3 is 6.09 Å². The smallest absolute Gasteiger partial charge is 0.410 e. The number of guanidine groups is 1. The van der Waals surface area contributed by atoms with Gasteiger partial charge in [0.15, 0.2) is 5.96 Å². The summed E-state index contributed by atoms with van der Waals surface area (Å²) in [7, 11) is 3.69. The third-order valence-electron chi connectivity index (χ3n) is 4.31. The van der Waals surface area contributed by atoms with Gasteiger partial charge in [-0.2, -0.15) is 5.10 Å². The van der Waals surface area contributed by atoms with Crippen molar-refractivity contribution in [1.82, 2.24) is 25.3 Å². The van der Waals surface area contributed by atoms with Gasteiger partial charge in [0.25, 0.3) is 0 Å². The van der Waals surface area contributed by atoms with Crippen molar-refractivity contribution in [2.75, 3.05) is 26.7 Å². The predicted molar refractivity (Wildman–Crippen MR) is 114 cm³/mol. The number of rotatable bonds is 7. The Kier molecular flexibility index (Phi) is 8.78. The van der Waals surface area contributed by atoms with Crippen LogP contribution in [0.4, 0.5) is 4.79 Å². The molecular weight excluding hydrogens is 356 g/mol. The molecule has 0 aliphatic carbocycles. The number of nitrogens with zero attached hydrogens (tertiary/aromatic N) is 4. The minimum atomic E-state index is -0.497. The molecule has 1 unspecified atom stereocenters. The topological polar surface area (TPSA) is 83.8 Å². The van der Waals surface area contributed by atoms with Crippen LogP contribution in [0.25, 0.3) is 0 Å². The first-order chi connectivity index (χ1) is 12.9. The molecule has 28 heavy (non-hydrogen) atoms. The first-order valence-electron chi connectivity index (χ1n) is 9.92. The van der Waals surface area contributed by atoms with Crippen LogP contribution in [0.3, 0.4) is 0 Å². The van der Waals surface area contributed by atoms with E-state index < -0.39 is 5.60 Å². The molecule has 0 aromatic carbocycles. The van der Waals surface area contributed by atoms with Crippen molar-refractivity contribution in [3.63, 3.8) is 0 Å². The van der Waals surface area contributed by atoms with Crippen molar-refractivity contribution >= 4 is 12.1 Å². The summed E-state index contributed by atoms with van der Waals surface area (Å²) in [6, 6.07) is 0.197. The van der Waals surface area contributed by atoms with E-state index in [1.165, 1.54) is 11.3 Å². The van der Waals surface area contributed by atoms with E-state index in [0.717, 1.165) is 24.6 Å². The normalized spacial score (nSPS) is 13.2. The molecule has 160 valence electrons. The second-order valence-electron chi connectivity index (χ2n) is 8.19. The van der Waals surface area contributed by atoms with E-state index in [0.29, 0.717) is 13.1 Å². The average Bonchev–Trinajstić information content (AvgIpc) is 2.79. The molecule has 2 N–H and O–H groups in total. The highest BCUT2D eigenvalue weighted by atomic mass is 16.6. The summed E-state index contributed by atoms with van der Waals surface area (Å²) in [5.41, 5.74) is 3.02. The molecular formula is C20H38N6O2. The van der Waals surface area contributed by atoms with Gasteiger partial charge in [0.1, 0.15) is 5.60 Å². The van der Waals surface area contributed by atoms with Gasteiger partial charge in [-0.05, 0) is 60.5 Å². The fourth-order valence-corrected chi connectivity index (χ4v) is 2.77. The summed E-state index contributed by atoms with van der Waals surface area (Å²) in [6.45, 7) is 15.6. The maximum Gasteiger partial charge on any atom is 0.410 e. The lowest BCUT2D eigenvalue weighted by Gasteiger charge is -2.24. The number of aryl methyl sites for hydroxylation is 2. The molecule has 0 saturated heterocycles. The van der Waals surface area contributed by atoms with Crippen molar-refractivity contribution in [2.24, 2.45) is 12.0 Å². The SMILES string of the molecule is CCNC(=NCCN(C)C(=O)OC(C)(C)C)NC(C)Cc1c(C)nn(C)c1C. The van der Waals surface area contributed by atoms with E-state index >= 15 is 0 Å². The summed E-state index contributed by atoms with van der Waals surface area (Å²) in [5.74, 6) is 0.742. The summed E-state index contributed by atoms with van der Waals surface area (Å²) in [4.78, 5) is 18.2. The molecule has 0 fully saturated rings. The molecule has 1 rings (SSSR count). The van der Waals surface area contributed by atoms with Gasteiger partial charge in [-0.25, -0.2) is 4.79 Å². The molecule has 1 atom stereocenters. The van der Waals surface area contributed by atoms with Gasteiger partial charge in [0, 0.05) is 38.9 Å². The molecule has 1 aromatic heterocycles. The number of hydrogen-bond acceptors (Lipinski definition) is 4. The van der Waals surface area contributed by atoms with Crippen LogP contribution in [-0.2, 0) is 18.2 Å². The summed E-state index contributed by atoms with van der Waals surface area (Å²) >= 11 is 0. The van der Waals surface area contributed by atoms with E-state index in [4.69, 9.17) is 4.74 Å². The Balaban J connectivity index is 2.62. The zero-order chi connectivity index (χ0) is 21.5. The summed E-state index contributed by atoms with van der Waals surface area (Å²) in [6.07, 6.45) is 0.532. The van der Waals surface area contributed by atoms with Crippen LogP contribution in [0.1, 0.15) is 51.6 Å². The molecule has 8 nitrogen and oxygen atoms in total. The number of carbonyl (C=O) groups is 1. The van der Waals surface area contributed by atoms with Gasteiger partial charge in [0.2, 0.25) is 0 Å². The number of amides is 1. The lowest BCUT2D eigenvalue weighted by atomic mass is 10.1. The monoisotopic (exact) mass is 394 g/mol. The fraction of sp³-hybridized carbons (Fsp3) is 0.750. The van der Waals surface area contributed by atoms with Crippen molar-refractivity contribution < 1.29 is 9.53 Å². The number of aromatic nitrogens is 2. The lowest BCUT2D eigenvalue weighted by molar-refractivity contribution is 0.0304. The minimum Gasteiger partial charge on any atom is -0.444 e. The van der Waals surface area contributed by atoms with Crippen LogP contribution in [0.5, 0.6) is 0 Å². The number of nitrogens with one attached hydrogen (secondary N) is 2. The van der Waals surface area contributed by atoms with Crippen molar-refractivity contribution in [3.8, 4) is 0 Å². The molecule has 0 spiro atoms. The zero-order valence-electron chi connectivity index (χ0n) is 19.0. The van der Waals surface area contributed by atoms with Gasteiger partial charge in [-0.15, -0.1) is 0 Å². The molecule has 0 radical (unpaired) electrons. The van der Waals surface area contributed by atoms with Crippen molar-refractivity contribution in [3.05, 3.63) is 17.0 Å². The van der Waals surface area contributed by atoms with E-state index in [-0.39, 0.29) is 12.1 Å². The lowest BCUT2D eigenvalue weighted by Crippen LogP contribution is -2.43. The molecule has 1 amide bonds. The van der Waals surface area contributed by atoms with Crippen LogP contribution in [0, 0.1) is 13.8 Å². The maximum absolute atomic E-state index is 12.0. The molecule has 0 aliphatic rings. The summed E-state index contributed by atoms with van der Waals surface area (Å²) in [5, 5.41) is 11.2. The molecule has 0 aliphatic heterocycles. The molecule has 8 heteroatoms. The predicted octanol–water partition coefficient (Wildman–Crippen LogP) is 2.39. The van der Waals surface area contributed by atoms with Crippen LogP contribution >= 0.6 is 0 Å². The van der Waals surface area contributed by atoms with Crippen LogP contribution in [-0.4, -0.2) is 65.1 Å². The highest BCUT2D eigenvalue weighted by Gasteiger charge is 2.19. The van der Waals surface area contributed by atoms with Crippen molar-refractivity contribution in [1.29, 1.82) is 0 Å². The van der Waals surface area contributed by atoms with E-state index in [9.17, 15) is 4.79 Å². The summed E-state index contributed by atoms with van der Waals surface area (Å²) < 4.78 is 7.28. The molecule has 1 aromatic rings. The zero-order valence-corrected chi connectivity index (χ0v) is 19.0. The standard InChI is InChI=1S/C20H38N6O2/c1-10-21-18(22-11-12-25(8)19(27)28-20(5,6)7)23-14(2)13-17-15(3)24-26(9)16(17)4/h14H,10-13H2,1-9H3,(H2,21,22,23). The number of ether oxygens (including phenoxy) is 1. The van der Waals surface area contributed by atoms with Crippen molar-refractivity contribution in [2.45, 2.75) is 66.5 Å². The highest BCUT2D eigenvalue weighted by Crippen LogP contribution is 2.14. The van der Waals surface area contributed by atoms with E-state index in [2.05, 4.69) is 34.6 Å². The van der Waals surface area contributed by atoms with Crippen LogP contribution in [0.2, 0.25) is 0 Å². The Hall–Kier alpha value is -2.25. The number of aliphatic imine (C=N–C) groups is 1. The van der Waals surface area contributed by atoms with E-state index in [1.807, 2.05) is 46.3 Å². The largest absolute Gasteiger partial charge is 0.444 e. The minimum absolute atomic E-state index is 0.197. The third kappa shape index (κ3) is 7.78. The third-order valence-corrected chi connectivity index (χ3v) is 4.31. The molecule has 0 bridgehead atoms. The Morgan fingerprint density at radius 3 is 2.50 bits per heavy atom. The van der Waals surface area contributed by atoms with Crippen LogP contribution in [0.15, 0.2) is 4.99 Å². The Morgan fingerprint density at radius 1 is 1.36 bits per heavy atom. The fourth-order valence-electron chi connectivity index (χ4n) is 2.77. The number of hydrogen-bond donors (Lipinski definition) is 2. The second kappa shape index (κ2) is 10.3. The van der Waals surface area contributed by atoms with Gasteiger partial charge in [0.05, 0.1) is 12.2 Å². The van der Waals surface area contributed by atoms with Gasteiger partial charge in [-0.3, -0.25) is 9.67 Å². The highest BCUT2D eigenvalue weighted by molar-refractivity contribution is 5.80. The Labute approximate surface area is 169 Å². The quantitative estimate of drug-likeness (QED) is 0.548.